The van der Waals surface area contributed by atoms with Gasteiger partial charge in [-0.25, -0.2) is 0 Å². The molecule has 184 valence electrons. The lowest BCUT2D eigenvalue weighted by molar-refractivity contribution is -0.137. The van der Waals surface area contributed by atoms with Gasteiger partial charge in [0.1, 0.15) is 0 Å². The Morgan fingerprint density at radius 3 is 2.63 bits per heavy atom. The smallest absolute Gasteiger partial charge is 0.380 e. The molecule has 2 atom stereocenters. The van der Waals surface area contributed by atoms with Crippen LogP contribution in [0.25, 0.3) is 0 Å². The molecule has 0 N–H and O–H groups in total. The number of anilines is 1. The third kappa shape index (κ3) is 4.85. The molecule has 9 heteroatoms. The number of hydrogen-bond donors (Lipinski definition) is 0. The first kappa shape index (κ1) is 23.6. The zero-order valence-corrected chi connectivity index (χ0v) is 19.3. The predicted molar refractivity (Wildman–Crippen MR) is 123 cm³/mol. The minimum atomic E-state index is -4.60. The first-order valence-electron chi connectivity index (χ1n) is 11.9. The fraction of sp³-hybridized carbons (Fsp3) is 0.500. The Hall–Kier alpha value is -3.12. The molecule has 1 aromatic heterocycles. The Morgan fingerprint density at radius 1 is 1.17 bits per heavy atom. The second kappa shape index (κ2) is 9.15. The SMILES string of the molecule is N#Cc1ccc(N2C[C@@H]3CCN(C(=O)c4ccncc4)C[C@]3(COCC3CC3)C2)cc1C(F)(F)F. The Labute approximate surface area is 202 Å². The number of amides is 1. The lowest BCUT2D eigenvalue weighted by Crippen LogP contribution is -2.53. The van der Waals surface area contributed by atoms with Gasteiger partial charge in [0.2, 0.25) is 0 Å². The molecular weight excluding hydrogens is 457 g/mol. The van der Waals surface area contributed by atoms with Gasteiger partial charge in [-0.2, -0.15) is 18.4 Å². The van der Waals surface area contributed by atoms with Crippen molar-refractivity contribution >= 4 is 11.6 Å². The first-order chi connectivity index (χ1) is 16.8. The van der Waals surface area contributed by atoms with Crippen molar-refractivity contribution in [1.82, 2.24) is 9.88 Å². The van der Waals surface area contributed by atoms with Crippen LogP contribution < -0.4 is 4.90 Å². The van der Waals surface area contributed by atoms with Gasteiger partial charge in [0, 0.05) is 61.8 Å². The van der Waals surface area contributed by atoms with E-state index in [2.05, 4.69) is 4.98 Å². The van der Waals surface area contributed by atoms with Gasteiger partial charge >= 0.3 is 6.18 Å². The monoisotopic (exact) mass is 484 g/mol. The summed E-state index contributed by atoms with van der Waals surface area (Å²) in [4.78, 5) is 21.0. The third-order valence-corrected chi connectivity index (χ3v) is 7.51. The van der Waals surface area contributed by atoms with Gasteiger partial charge in [0.15, 0.2) is 0 Å². The van der Waals surface area contributed by atoms with E-state index in [1.165, 1.54) is 18.9 Å². The van der Waals surface area contributed by atoms with Crippen molar-refractivity contribution < 1.29 is 22.7 Å². The molecule has 0 radical (unpaired) electrons. The first-order valence-corrected chi connectivity index (χ1v) is 11.9. The summed E-state index contributed by atoms with van der Waals surface area (Å²) in [5.74, 6) is 0.713. The van der Waals surface area contributed by atoms with Gasteiger partial charge in [-0.3, -0.25) is 9.78 Å². The van der Waals surface area contributed by atoms with Crippen molar-refractivity contribution in [3.8, 4) is 6.07 Å². The maximum Gasteiger partial charge on any atom is 0.417 e. The number of carbonyl (C=O) groups excluding carboxylic acids is 1. The van der Waals surface area contributed by atoms with Crippen LogP contribution in [-0.4, -0.2) is 55.2 Å². The highest BCUT2D eigenvalue weighted by atomic mass is 19.4. The summed E-state index contributed by atoms with van der Waals surface area (Å²) in [6.45, 7) is 3.31. The summed E-state index contributed by atoms with van der Waals surface area (Å²) in [5, 5.41) is 9.15. The van der Waals surface area contributed by atoms with E-state index < -0.39 is 11.7 Å². The fourth-order valence-corrected chi connectivity index (χ4v) is 5.41. The number of aromatic nitrogens is 1. The summed E-state index contributed by atoms with van der Waals surface area (Å²) in [7, 11) is 0. The van der Waals surface area contributed by atoms with E-state index in [0.717, 1.165) is 12.5 Å². The lowest BCUT2D eigenvalue weighted by Gasteiger charge is -2.44. The van der Waals surface area contributed by atoms with Gasteiger partial charge in [0.25, 0.3) is 5.91 Å². The number of nitriles is 1. The van der Waals surface area contributed by atoms with Gasteiger partial charge < -0.3 is 14.5 Å². The Morgan fingerprint density at radius 2 is 1.94 bits per heavy atom. The van der Waals surface area contributed by atoms with E-state index in [-0.39, 0.29) is 22.8 Å². The van der Waals surface area contributed by atoms with Crippen LogP contribution in [0.5, 0.6) is 0 Å². The van der Waals surface area contributed by atoms with Crippen molar-refractivity contribution in [2.24, 2.45) is 17.3 Å². The van der Waals surface area contributed by atoms with E-state index in [0.29, 0.717) is 56.6 Å². The molecule has 5 rings (SSSR count). The maximum absolute atomic E-state index is 13.6. The number of likely N-dealkylation sites (tertiary alicyclic amines) is 1. The summed E-state index contributed by atoms with van der Waals surface area (Å²) in [6, 6.07) is 8.95. The van der Waals surface area contributed by atoms with Crippen LogP contribution in [0.2, 0.25) is 0 Å². The van der Waals surface area contributed by atoms with E-state index in [9.17, 15) is 18.0 Å². The van der Waals surface area contributed by atoms with Crippen LogP contribution in [0.15, 0.2) is 42.7 Å². The normalized spacial score (nSPS) is 24.2. The molecule has 0 unspecified atom stereocenters. The number of piperidine rings is 1. The third-order valence-electron chi connectivity index (χ3n) is 7.51. The number of alkyl halides is 3. The molecule has 6 nitrogen and oxygen atoms in total. The zero-order valence-electron chi connectivity index (χ0n) is 19.3. The number of carbonyl (C=O) groups is 1. The van der Waals surface area contributed by atoms with Crippen molar-refractivity contribution in [3.63, 3.8) is 0 Å². The summed E-state index contributed by atoms with van der Waals surface area (Å²) in [5.41, 5.74) is -0.652. The molecule has 1 amide bonds. The van der Waals surface area contributed by atoms with E-state index >= 15 is 0 Å². The number of rotatable bonds is 6. The quantitative estimate of drug-likeness (QED) is 0.609. The van der Waals surface area contributed by atoms with Crippen LogP contribution >= 0.6 is 0 Å². The predicted octanol–water partition coefficient (Wildman–Crippen LogP) is 4.37. The van der Waals surface area contributed by atoms with Crippen LogP contribution in [0, 0.1) is 28.6 Å². The number of nitrogens with zero attached hydrogens (tertiary/aromatic N) is 4. The molecule has 3 heterocycles. The summed E-state index contributed by atoms with van der Waals surface area (Å²) >= 11 is 0. The topological polar surface area (TPSA) is 69.5 Å². The van der Waals surface area contributed by atoms with Gasteiger partial charge in [-0.1, -0.05) is 0 Å². The number of hydrogen-bond acceptors (Lipinski definition) is 5. The highest BCUT2D eigenvalue weighted by molar-refractivity contribution is 5.94. The highest BCUT2D eigenvalue weighted by Gasteiger charge is 2.51. The number of halogens is 3. The van der Waals surface area contributed by atoms with Crippen LogP contribution in [0.4, 0.5) is 18.9 Å². The maximum atomic E-state index is 13.6. The molecular formula is C26H27F3N4O2. The molecule has 2 aromatic rings. The Balaban J connectivity index is 1.40. The lowest BCUT2D eigenvalue weighted by atomic mass is 9.73. The molecule has 3 fully saturated rings. The minimum absolute atomic E-state index is 0.0661. The van der Waals surface area contributed by atoms with Crippen molar-refractivity contribution in [2.45, 2.75) is 25.4 Å². The molecule has 2 aliphatic heterocycles. The van der Waals surface area contributed by atoms with Crippen molar-refractivity contribution in [2.75, 3.05) is 44.3 Å². The molecule has 0 spiro atoms. The number of ether oxygens (including phenoxy) is 1. The Bertz CT molecular complexity index is 1130. The molecule has 1 saturated carbocycles. The van der Waals surface area contributed by atoms with E-state index in [4.69, 9.17) is 10.00 Å². The number of benzene rings is 1. The average Bonchev–Trinajstić information content (AvgIpc) is 3.60. The minimum Gasteiger partial charge on any atom is -0.380 e. The van der Waals surface area contributed by atoms with Gasteiger partial charge in [-0.15, -0.1) is 0 Å². The second-order valence-electron chi connectivity index (χ2n) is 9.99. The molecule has 2 saturated heterocycles. The van der Waals surface area contributed by atoms with E-state index in [1.54, 1.807) is 36.7 Å². The van der Waals surface area contributed by atoms with Gasteiger partial charge in [-0.05, 0) is 61.4 Å². The fourth-order valence-electron chi connectivity index (χ4n) is 5.41. The number of pyridine rings is 1. The molecule has 3 aliphatic rings. The molecule has 1 aromatic carbocycles. The van der Waals surface area contributed by atoms with Crippen LogP contribution in [0.3, 0.4) is 0 Å². The standard InChI is InChI=1S/C26H27F3N4O2/c27-26(28,29)23-11-22(4-3-20(23)12-30)33-13-21-7-10-32(24(34)19-5-8-31-9-6-19)15-25(21,16-33)17-35-14-18-1-2-18/h3-6,8-9,11,18,21H,1-2,7,10,13-17H2/t21-,25+/m0/s1. The van der Waals surface area contributed by atoms with Gasteiger partial charge in [0.05, 0.1) is 23.8 Å². The summed E-state index contributed by atoms with van der Waals surface area (Å²) in [6.07, 6.45) is 1.67. The largest absolute Gasteiger partial charge is 0.417 e. The molecule has 1 aliphatic carbocycles. The Kier molecular flexibility index (Phi) is 6.18. The van der Waals surface area contributed by atoms with Crippen LogP contribution in [-0.2, 0) is 10.9 Å². The molecule has 0 bridgehead atoms. The average molecular weight is 485 g/mol. The van der Waals surface area contributed by atoms with Crippen LogP contribution in [0.1, 0.15) is 40.7 Å². The van der Waals surface area contributed by atoms with Crippen molar-refractivity contribution in [1.29, 1.82) is 5.26 Å². The van der Waals surface area contributed by atoms with E-state index in [1.807, 2.05) is 9.80 Å². The van der Waals surface area contributed by atoms with Crippen molar-refractivity contribution in [3.05, 3.63) is 59.4 Å². The highest BCUT2D eigenvalue weighted by Crippen LogP contribution is 2.45. The molecule has 35 heavy (non-hydrogen) atoms. The second-order valence-corrected chi connectivity index (χ2v) is 9.99. The number of fused-ring (bicyclic) bond motifs is 1. The summed E-state index contributed by atoms with van der Waals surface area (Å²) < 4.78 is 46.9. The zero-order chi connectivity index (χ0) is 24.6.